The molecule has 2 saturated carbocycles. The van der Waals surface area contributed by atoms with Crippen molar-refractivity contribution < 1.29 is 9.90 Å². The smallest absolute Gasteiger partial charge is 0.223 e. The molecular formula is C23H29ClN2O2. The fourth-order valence-corrected chi connectivity index (χ4v) is 5.86. The molecule has 0 radical (unpaired) electrons. The van der Waals surface area contributed by atoms with Crippen molar-refractivity contribution in [3.63, 3.8) is 0 Å². The largest absolute Gasteiger partial charge is 0.390 e. The fourth-order valence-electron chi connectivity index (χ4n) is 5.54. The number of hydrogen-bond acceptors (Lipinski definition) is 2. The monoisotopic (exact) mass is 400 g/mol. The Labute approximate surface area is 171 Å². The van der Waals surface area contributed by atoms with Gasteiger partial charge < -0.3 is 15.0 Å². The van der Waals surface area contributed by atoms with E-state index >= 15 is 0 Å². The molecule has 1 amide bonds. The number of carbonyl (C=O) groups is 1. The van der Waals surface area contributed by atoms with E-state index in [9.17, 15) is 9.90 Å². The predicted octanol–water partition coefficient (Wildman–Crippen LogP) is 5.10. The second-order valence-electron chi connectivity index (χ2n) is 9.40. The summed E-state index contributed by atoms with van der Waals surface area (Å²) in [6.07, 6.45) is 8.15. The number of aliphatic hydroxyl groups is 1. The maximum absolute atomic E-state index is 13.2. The Morgan fingerprint density at radius 3 is 2.79 bits per heavy atom. The van der Waals surface area contributed by atoms with Crippen molar-refractivity contribution in [1.82, 2.24) is 9.88 Å². The van der Waals surface area contributed by atoms with Crippen LogP contribution < -0.4 is 0 Å². The first-order chi connectivity index (χ1) is 13.4. The number of benzene rings is 1. The van der Waals surface area contributed by atoms with Crippen molar-refractivity contribution in [2.24, 2.45) is 0 Å². The van der Waals surface area contributed by atoms with Gasteiger partial charge >= 0.3 is 0 Å². The molecule has 2 N–H and O–H groups in total. The third-order valence-electron chi connectivity index (χ3n) is 7.25. The minimum atomic E-state index is -0.511. The van der Waals surface area contributed by atoms with E-state index in [0.717, 1.165) is 36.2 Å². The number of piperidine rings is 2. The van der Waals surface area contributed by atoms with Crippen LogP contribution in [0.25, 0.3) is 10.9 Å². The van der Waals surface area contributed by atoms with Crippen molar-refractivity contribution in [3.8, 4) is 0 Å². The van der Waals surface area contributed by atoms with Crippen LogP contribution in [0.3, 0.4) is 0 Å². The zero-order valence-electron chi connectivity index (χ0n) is 16.7. The molecule has 4 aliphatic rings. The number of nitrogens with one attached hydrogen (secondary N) is 1. The van der Waals surface area contributed by atoms with Gasteiger partial charge in [-0.3, -0.25) is 4.79 Å². The molecule has 2 aromatic rings. The highest BCUT2D eigenvalue weighted by molar-refractivity contribution is 6.32. The van der Waals surface area contributed by atoms with Crippen molar-refractivity contribution in [3.05, 3.63) is 34.5 Å². The molecule has 1 aromatic carbocycles. The Kier molecular flexibility index (Phi) is 4.29. The highest BCUT2D eigenvalue weighted by Crippen LogP contribution is 2.48. The van der Waals surface area contributed by atoms with Gasteiger partial charge in [-0.15, -0.1) is 0 Å². The number of H-pyrrole nitrogens is 1. The number of aromatic nitrogens is 1. The van der Waals surface area contributed by atoms with E-state index in [1.54, 1.807) is 0 Å². The number of halogens is 1. The van der Waals surface area contributed by atoms with Crippen LogP contribution in [0.2, 0.25) is 5.02 Å². The molecule has 5 heteroatoms. The number of amides is 1. The minimum Gasteiger partial charge on any atom is -0.390 e. The maximum atomic E-state index is 13.2. The van der Waals surface area contributed by atoms with Crippen molar-refractivity contribution in [2.75, 3.05) is 0 Å². The van der Waals surface area contributed by atoms with E-state index < -0.39 is 5.60 Å². The van der Waals surface area contributed by atoms with Gasteiger partial charge in [0.1, 0.15) is 0 Å². The first kappa shape index (κ1) is 18.5. The topological polar surface area (TPSA) is 56.3 Å². The molecule has 150 valence electrons. The summed E-state index contributed by atoms with van der Waals surface area (Å²) in [7, 11) is 0. The van der Waals surface area contributed by atoms with Gasteiger partial charge in [0.25, 0.3) is 0 Å². The fraction of sp³-hybridized carbons (Fsp3) is 0.609. The second-order valence-corrected chi connectivity index (χ2v) is 9.80. The standard InChI is InChI=1S/C23H29ClN2O2/c1-3-15-9-23(28)10-16(11-23)26(15)22(27)6-13(2)19-12-25-21-8-20(24)17(7-18(19)21)14-4-5-14/h7-8,12-16,25,28H,3-6,9-11H2,1-2H3. The van der Waals surface area contributed by atoms with Gasteiger partial charge in [0, 0.05) is 40.6 Å². The summed E-state index contributed by atoms with van der Waals surface area (Å²) in [6.45, 7) is 4.26. The van der Waals surface area contributed by atoms with Gasteiger partial charge in [0.2, 0.25) is 5.91 Å². The lowest BCUT2D eigenvalue weighted by atomic mass is 9.66. The zero-order chi connectivity index (χ0) is 19.6. The second kappa shape index (κ2) is 6.50. The lowest BCUT2D eigenvalue weighted by Crippen LogP contribution is -2.67. The molecule has 2 aliphatic carbocycles. The first-order valence-electron chi connectivity index (χ1n) is 10.7. The first-order valence-corrected chi connectivity index (χ1v) is 11.1. The molecule has 2 atom stereocenters. The molecule has 4 fully saturated rings. The lowest BCUT2D eigenvalue weighted by Gasteiger charge is -2.58. The van der Waals surface area contributed by atoms with Crippen LogP contribution in [0, 0.1) is 0 Å². The Bertz CT molecular complexity index is 926. The Morgan fingerprint density at radius 1 is 1.36 bits per heavy atom. The number of carbonyl (C=O) groups excluding carboxylic acids is 1. The van der Waals surface area contributed by atoms with E-state index in [1.807, 2.05) is 12.3 Å². The zero-order valence-corrected chi connectivity index (χ0v) is 17.4. The van der Waals surface area contributed by atoms with Gasteiger partial charge in [0.15, 0.2) is 0 Å². The van der Waals surface area contributed by atoms with Crippen LogP contribution in [0.1, 0.15) is 81.8 Å². The summed E-state index contributed by atoms with van der Waals surface area (Å²) in [6, 6.07) is 4.69. The quantitative estimate of drug-likeness (QED) is 0.733. The molecule has 1 aromatic heterocycles. The Hall–Kier alpha value is -1.52. The van der Waals surface area contributed by atoms with Crippen LogP contribution in [-0.2, 0) is 4.79 Å². The molecule has 2 aliphatic heterocycles. The summed E-state index contributed by atoms with van der Waals surface area (Å²) in [5.74, 6) is 0.984. The number of fused-ring (bicyclic) bond motifs is 3. The van der Waals surface area contributed by atoms with Crippen LogP contribution in [0.15, 0.2) is 18.3 Å². The highest BCUT2D eigenvalue weighted by Gasteiger charge is 2.54. The van der Waals surface area contributed by atoms with Gasteiger partial charge in [0.05, 0.1) is 5.60 Å². The molecule has 2 unspecified atom stereocenters. The normalized spacial score (nSPS) is 30.4. The van der Waals surface area contributed by atoms with Crippen LogP contribution in [-0.4, -0.2) is 38.6 Å². The predicted molar refractivity (Wildman–Crippen MR) is 112 cm³/mol. The van der Waals surface area contributed by atoms with Gasteiger partial charge in [-0.25, -0.2) is 0 Å². The van der Waals surface area contributed by atoms with E-state index in [-0.39, 0.29) is 23.9 Å². The summed E-state index contributed by atoms with van der Waals surface area (Å²) in [5.41, 5.74) is 3.00. The average Bonchev–Trinajstić information content (AvgIpc) is 3.39. The average molecular weight is 401 g/mol. The summed E-state index contributed by atoms with van der Waals surface area (Å²) < 4.78 is 0. The van der Waals surface area contributed by atoms with E-state index in [0.29, 0.717) is 12.3 Å². The number of nitrogens with zero attached hydrogens (tertiary/aromatic N) is 1. The van der Waals surface area contributed by atoms with Gasteiger partial charge in [-0.1, -0.05) is 25.4 Å². The third-order valence-corrected chi connectivity index (χ3v) is 7.58. The van der Waals surface area contributed by atoms with Crippen molar-refractivity contribution >= 4 is 28.4 Å². The maximum Gasteiger partial charge on any atom is 0.223 e. The van der Waals surface area contributed by atoms with E-state index in [1.165, 1.54) is 29.4 Å². The molecule has 28 heavy (non-hydrogen) atoms. The van der Waals surface area contributed by atoms with E-state index in [2.05, 4.69) is 29.8 Å². The van der Waals surface area contributed by atoms with Crippen LogP contribution >= 0.6 is 11.6 Å². The Balaban J connectivity index is 1.37. The molecule has 4 nitrogen and oxygen atoms in total. The SMILES string of the molecule is CCC1CC2(O)CC(C2)N1C(=O)CC(C)c1c[nH]c2cc(Cl)c(C3CC3)cc12. The van der Waals surface area contributed by atoms with Gasteiger partial charge in [-0.05, 0) is 73.6 Å². The van der Waals surface area contributed by atoms with Crippen molar-refractivity contribution in [1.29, 1.82) is 0 Å². The molecule has 2 bridgehead atoms. The Morgan fingerprint density at radius 2 is 2.11 bits per heavy atom. The molecular weight excluding hydrogens is 372 g/mol. The number of rotatable bonds is 5. The highest BCUT2D eigenvalue weighted by atomic mass is 35.5. The molecule has 2 saturated heterocycles. The molecule has 3 heterocycles. The summed E-state index contributed by atoms with van der Waals surface area (Å²) >= 11 is 6.48. The molecule has 6 rings (SSSR count). The lowest BCUT2D eigenvalue weighted by molar-refractivity contribution is -0.178. The third kappa shape index (κ3) is 2.96. The minimum absolute atomic E-state index is 0.146. The van der Waals surface area contributed by atoms with Crippen LogP contribution in [0.5, 0.6) is 0 Å². The summed E-state index contributed by atoms with van der Waals surface area (Å²) in [5, 5.41) is 12.5. The van der Waals surface area contributed by atoms with Gasteiger partial charge in [-0.2, -0.15) is 0 Å². The number of aromatic amines is 1. The van der Waals surface area contributed by atoms with E-state index in [4.69, 9.17) is 11.6 Å². The summed E-state index contributed by atoms with van der Waals surface area (Å²) in [4.78, 5) is 18.6. The molecule has 0 spiro atoms. The number of hydrogen-bond donors (Lipinski definition) is 2. The van der Waals surface area contributed by atoms with Crippen LogP contribution in [0.4, 0.5) is 0 Å². The van der Waals surface area contributed by atoms with Crippen molar-refractivity contribution in [2.45, 2.75) is 88.3 Å².